The SMILES string of the molecule is C[C@H](NC(=O)CC1CCCC1)C(=O)NC1N=C(c2ccccc2)c2ccccc2N(CC(=O)C(C)(C)C)C1=O. The molecule has 2 N–H and O–H groups in total. The number of carbonyl (C=O) groups excluding carboxylic acids is 4. The van der Waals surface area contributed by atoms with E-state index < -0.39 is 29.4 Å². The minimum absolute atomic E-state index is 0.119. The van der Waals surface area contributed by atoms with Crippen LogP contribution < -0.4 is 15.5 Å². The summed E-state index contributed by atoms with van der Waals surface area (Å²) in [4.78, 5) is 58.9. The van der Waals surface area contributed by atoms with Crippen LogP contribution in [0.5, 0.6) is 0 Å². The highest BCUT2D eigenvalue weighted by atomic mass is 16.2. The predicted octanol–water partition coefficient (Wildman–Crippen LogP) is 4.01. The van der Waals surface area contributed by atoms with Gasteiger partial charge in [-0.15, -0.1) is 0 Å². The molecule has 1 unspecified atom stereocenters. The number of ketones is 1. The molecule has 1 aliphatic carbocycles. The topological polar surface area (TPSA) is 108 Å². The Morgan fingerprint density at radius 1 is 1.00 bits per heavy atom. The van der Waals surface area contributed by atoms with Crippen LogP contribution >= 0.6 is 0 Å². The molecule has 206 valence electrons. The second-order valence-corrected chi connectivity index (χ2v) is 11.5. The van der Waals surface area contributed by atoms with E-state index in [0.29, 0.717) is 29.3 Å². The third-order valence-electron chi connectivity index (χ3n) is 7.39. The van der Waals surface area contributed by atoms with E-state index >= 15 is 0 Å². The lowest BCUT2D eigenvalue weighted by Crippen LogP contribution is -2.54. The van der Waals surface area contributed by atoms with Crippen LogP contribution in [0.3, 0.4) is 0 Å². The Kier molecular flexibility index (Phi) is 8.63. The van der Waals surface area contributed by atoms with Gasteiger partial charge in [0.25, 0.3) is 5.91 Å². The minimum Gasteiger partial charge on any atom is -0.345 e. The van der Waals surface area contributed by atoms with Gasteiger partial charge in [-0.1, -0.05) is 82.1 Å². The average Bonchev–Trinajstić information content (AvgIpc) is 3.38. The summed E-state index contributed by atoms with van der Waals surface area (Å²) in [6.07, 6.45) is 3.46. The van der Waals surface area contributed by atoms with Crippen LogP contribution in [0.25, 0.3) is 0 Å². The predicted molar refractivity (Wildman–Crippen MR) is 151 cm³/mol. The highest BCUT2D eigenvalue weighted by Gasteiger charge is 2.36. The van der Waals surface area contributed by atoms with Crippen molar-refractivity contribution in [2.75, 3.05) is 11.4 Å². The molecule has 1 aliphatic heterocycles. The maximum Gasteiger partial charge on any atom is 0.272 e. The first-order chi connectivity index (χ1) is 18.5. The number of benzene rings is 2. The lowest BCUT2D eigenvalue weighted by Gasteiger charge is -2.28. The van der Waals surface area contributed by atoms with E-state index in [-0.39, 0.29) is 18.2 Å². The molecule has 0 radical (unpaired) electrons. The van der Waals surface area contributed by atoms with Gasteiger partial charge in [-0.25, -0.2) is 4.99 Å². The van der Waals surface area contributed by atoms with E-state index in [4.69, 9.17) is 4.99 Å². The number of nitrogens with zero attached hydrogens (tertiary/aromatic N) is 2. The van der Waals surface area contributed by atoms with Gasteiger partial charge in [-0.2, -0.15) is 0 Å². The number of para-hydroxylation sites is 1. The molecule has 1 saturated carbocycles. The van der Waals surface area contributed by atoms with Crippen molar-refractivity contribution in [3.05, 3.63) is 65.7 Å². The zero-order chi connectivity index (χ0) is 28.2. The van der Waals surface area contributed by atoms with Gasteiger partial charge in [0.15, 0.2) is 5.78 Å². The Hall–Kier alpha value is -3.81. The molecule has 3 amide bonds. The van der Waals surface area contributed by atoms with E-state index in [1.54, 1.807) is 13.0 Å². The smallest absolute Gasteiger partial charge is 0.272 e. The normalized spacial score (nSPS) is 18.6. The maximum atomic E-state index is 13.9. The quantitative estimate of drug-likeness (QED) is 0.538. The van der Waals surface area contributed by atoms with Crippen LogP contribution in [0, 0.1) is 11.3 Å². The van der Waals surface area contributed by atoms with Crippen LogP contribution in [-0.2, 0) is 19.2 Å². The number of benzodiazepines with no additional fused rings is 1. The van der Waals surface area contributed by atoms with Gasteiger partial charge in [-0.3, -0.25) is 19.2 Å². The van der Waals surface area contributed by atoms with Crippen LogP contribution in [0.1, 0.15) is 70.9 Å². The molecule has 2 aromatic rings. The first-order valence-corrected chi connectivity index (χ1v) is 13.7. The summed E-state index contributed by atoms with van der Waals surface area (Å²) in [5.41, 5.74) is 1.89. The number of hydrogen-bond donors (Lipinski definition) is 2. The number of rotatable bonds is 8. The van der Waals surface area contributed by atoms with Gasteiger partial charge < -0.3 is 15.5 Å². The molecule has 1 heterocycles. The standard InChI is InChI=1S/C31H38N4O4/c1-20(32-26(37)18-21-12-8-9-13-21)29(38)34-28-30(39)35(19-25(36)31(2,3)4)24-17-11-10-16-23(24)27(33-28)22-14-6-5-7-15-22/h5-7,10-11,14-17,20-21,28H,8-9,12-13,18-19H2,1-4H3,(H,32,37)(H,34,38)/t20-,28?/m0/s1. The highest BCUT2D eigenvalue weighted by molar-refractivity contribution is 6.21. The fourth-order valence-corrected chi connectivity index (χ4v) is 5.00. The van der Waals surface area contributed by atoms with Crippen molar-refractivity contribution >= 4 is 34.9 Å². The van der Waals surface area contributed by atoms with Gasteiger partial charge in [-0.05, 0) is 31.7 Å². The number of nitrogens with one attached hydrogen (secondary N) is 2. The van der Waals surface area contributed by atoms with Crippen molar-refractivity contribution in [2.45, 2.75) is 72.0 Å². The van der Waals surface area contributed by atoms with Crippen molar-refractivity contribution in [3.63, 3.8) is 0 Å². The molecule has 8 nitrogen and oxygen atoms in total. The second kappa shape index (κ2) is 11.9. The van der Waals surface area contributed by atoms with Crippen LogP contribution in [-0.4, -0.2) is 48.0 Å². The molecular weight excluding hydrogens is 492 g/mol. The molecule has 8 heteroatoms. The Balaban J connectivity index is 1.64. The van der Waals surface area contributed by atoms with Crippen LogP contribution in [0.4, 0.5) is 5.69 Å². The largest absolute Gasteiger partial charge is 0.345 e. The number of amides is 3. The second-order valence-electron chi connectivity index (χ2n) is 11.5. The molecule has 0 spiro atoms. The monoisotopic (exact) mass is 530 g/mol. The molecule has 1 fully saturated rings. The average molecular weight is 531 g/mol. The maximum absolute atomic E-state index is 13.9. The van der Waals surface area contributed by atoms with Crippen molar-refractivity contribution in [1.82, 2.24) is 10.6 Å². The fraction of sp³-hybridized carbons (Fsp3) is 0.452. The van der Waals surface area contributed by atoms with Gasteiger partial charge in [0, 0.05) is 23.0 Å². The molecule has 39 heavy (non-hydrogen) atoms. The van der Waals surface area contributed by atoms with Crippen molar-refractivity contribution in [1.29, 1.82) is 0 Å². The third kappa shape index (κ3) is 6.80. The summed E-state index contributed by atoms with van der Waals surface area (Å²) in [7, 11) is 0. The summed E-state index contributed by atoms with van der Waals surface area (Å²) in [6, 6.07) is 15.9. The van der Waals surface area contributed by atoms with Gasteiger partial charge in [0.2, 0.25) is 18.0 Å². The molecule has 0 bridgehead atoms. The summed E-state index contributed by atoms with van der Waals surface area (Å²) >= 11 is 0. The number of aliphatic imine (C=N–C) groups is 1. The van der Waals surface area contributed by atoms with E-state index in [0.717, 1.165) is 31.2 Å². The molecule has 4 rings (SSSR count). The van der Waals surface area contributed by atoms with Crippen molar-refractivity contribution in [2.24, 2.45) is 16.3 Å². The molecule has 2 atom stereocenters. The Morgan fingerprint density at radius 3 is 2.31 bits per heavy atom. The zero-order valence-electron chi connectivity index (χ0n) is 23.2. The molecule has 0 aromatic heterocycles. The first-order valence-electron chi connectivity index (χ1n) is 13.7. The molecule has 2 aliphatic rings. The molecule has 2 aromatic carbocycles. The van der Waals surface area contributed by atoms with Crippen molar-refractivity contribution in [3.8, 4) is 0 Å². The number of fused-ring (bicyclic) bond motifs is 1. The molecule has 0 saturated heterocycles. The van der Waals surface area contributed by atoms with Gasteiger partial charge in [0.1, 0.15) is 6.04 Å². The van der Waals surface area contributed by atoms with E-state index in [1.165, 1.54) is 4.90 Å². The Morgan fingerprint density at radius 2 is 1.64 bits per heavy atom. The molecular formula is C31H38N4O4. The third-order valence-corrected chi connectivity index (χ3v) is 7.39. The lowest BCUT2D eigenvalue weighted by atomic mass is 9.90. The Bertz CT molecular complexity index is 1260. The minimum atomic E-state index is -1.28. The van der Waals surface area contributed by atoms with Crippen LogP contribution in [0.15, 0.2) is 59.6 Å². The number of carbonyl (C=O) groups is 4. The zero-order valence-corrected chi connectivity index (χ0v) is 23.2. The van der Waals surface area contributed by atoms with Gasteiger partial charge >= 0.3 is 0 Å². The highest BCUT2D eigenvalue weighted by Crippen LogP contribution is 2.30. The summed E-state index contributed by atoms with van der Waals surface area (Å²) in [5.74, 6) is -0.961. The van der Waals surface area contributed by atoms with E-state index in [1.807, 2.05) is 69.3 Å². The number of anilines is 1. The van der Waals surface area contributed by atoms with Gasteiger partial charge in [0.05, 0.1) is 17.9 Å². The van der Waals surface area contributed by atoms with Crippen LogP contribution in [0.2, 0.25) is 0 Å². The first kappa shape index (κ1) is 28.2. The Labute approximate surface area is 230 Å². The number of hydrogen-bond acceptors (Lipinski definition) is 5. The fourth-order valence-electron chi connectivity index (χ4n) is 5.00. The summed E-state index contributed by atoms with van der Waals surface area (Å²) < 4.78 is 0. The summed E-state index contributed by atoms with van der Waals surface area (Å²) in [5, 5.41) is 5.51. The van der Waals surface area contributed by atoms with E-state index in [2.05, 4.69) is 10.6 Å². The lowest BCUT2D eigenvalue weighted by molar-refractivity contribution is -0.131. The van der Waals surface area contributed by atoms with E-state index in [9.17, 15) is 19.2 Å². The number of Topliss-reactive ketones (excluding diaryl/α,β-unsaturated/α-hetero) is 1. The summed E-state index contributed by atoms with van der Waals surface area (Å²) in [6.45, 7) is 6.87. The van der Waals surface area contributed by atoms with Crippen molar-refractivity contribution < 1.29 is 19.2 Å².